The summed E-state index contributed by atoms with van der Waals surface area (Å²) < 4.78 is 0. The van der Waals surface area contributed by atoms with E-state index in [2.05, 4.69) is 4.98 Å². The van der Waals surface area contributed by atoms with Crippen molar-refractivity contribution in [2.24, 2.45) is 0 Å². The van der Waals surface area contributed by atoms with Crippen molar-refractivity contribution in [1.82, 2.24) is 4.98 Å². The average molecular weight is 264 g/mol. The van der Waals surface area contributed by atoms with Crippen LogP contribution in [0, 0.1) is 11.3 Å². The van der Waals surface area contributed by atoms with Crippen LogP contribution in [0.25, 0.3) is 0 Å². The molecule has 2 aromatic rings. The lowest BCUT2D eigenvalue weighted by Crippen LogP contribution is -2.26. The summed E-state index contributed by atoms with van der Waals surface area (Å²) in [6.45, 7) is 0.354. The normalized spacial score (nSPS) is 13.2. The maximum Gasteiger partial charge on any atom is 0.231 e. The van der Waals surface area contributed by atoms with E-state index in [1.165, 1.54) is 0 Å². The van der Waals surface area contributed by atoms with Crippen molar-refractivity contribution in [3.8, 4) is 6.07 Å². The van der Waals surface area contributed by atoms with Gasteiger partial charge in [0.2, 0.25) is 5.91 Å². The van der Waals surface area contributed by atoms with Crippen LogP contribution in [0.5, 0.6) is 0 Å². The minimum Gasteiger partial charge on any atom is -0.399 e. The summed E-state index contributed by atoms with van der Waals surface area (Å²) in [5.41, 5.74) is 9.27. The highest BCUT2D eigenvalue weighted by Crippen LogP contribution is 2.31. The van der Waals surface area contributed by atoms with Crippen molar-refractivity contribution < 1.29 is 4.79 Å². The van der Waals surface area contributed by atoms with Crippen molar-refractivity contribution in [2.45, 2.75) is 13.0 Å². The second kappa shape index (κ2) is 4.67. The van der Waals surface area contributed by atoms with E-state index in [0.29, 0.717) is 24.3 Å². The number of pyridine rings is 1. The van der Waals surface area contributed by atoms with Gasteiger partial charge < -0.3 is 10.6 Å². The van der Waals surface area contributed by atoms with Gasteiger partial charge in [-0.05, 0) is 29.8 Å². The molecule has 0 radical (unpaired) electrons. The molecule has 0 saturated heterocycles. The van der Waals surface area contributed by atoms with E-state index in [1.54, 1.807) is 23.2 Å². The number of nitrogens with two attached hydrogens (primary N) is 1. The zero-order valence-electron chi connectivity index (χ0n) is 10.7. The summed E-state index contributed by atoms with van der Waals surface area (Å²) in [7, 11) is 0. The van der Waals surface area contributed by atoms with Crippen molar-refractivity contribution in [2.75, 3.05) is 10.6 Å². The summed E-state index contributed by atoms with van der Waals surface area (Å²) >= 11 is 0. The first-order valence-corrected chi connectivity index (χ1v) is 6.22. The molecule has 1 aromatic carbocycles. The molecule has 0 atom stereocenters. The number of nitrogen functional groups attached to an aromatic ring is 1. The number of rotatable bonds is 2. The first-order chi connectivity index (χ1) is 9.69. The lowest BCUT2D eigenvalue weighted by atomic mass is 10.1. The van der Waals surface area contributed by atoms with Gasteiger partial charge in [-0.25, -0.2) is 4.98 Å². The average Bonchev–Trinajstić information content (AvgIpc) is 2.75. The largest absolute Gasteiger partial charge is 0.399 e. The fourth-order valence-electron chi connectivity index (χ4n) is 2.41. The molecule has 0 fully saturated rings. The van der Waals surface area contributed by atoms with E-state index in [9.17, 15) is 4.79 Å². The van der Waals surface area contributed by atoms with E-state index in [0.717, 1.165) is 16.8 Å². The maximum absolute atomic E-state index is 12.1. The third-order valence-electron chi connectivity index (χ3n) is 3.36. The molecule has 1 aromatic heterocycles. The molecule has 0 spiro atoms. The number of aromatic nitrogens is 1. The van der Waals surface area contributed by atoms with Gasteiger partial charge in [-0.2, -0.15) is 5.26 Å². The third kappa shape index (κ3) is 1.97. The quantitative estimate of drug-likeness (QED) is 0.835. The molecule has 3 rings (SSSR count). The monoisotopic (exact) mass is 264 g/mol. The first kappa shape index (κ1) is 12.2. The van der Waals surface area contributed by atoms with Crippen LogP contribution in [-0.2, 0) is 17.8 Å². The minimum atomic E-state index is 0.0124. The highest BCUT2D eigenvalue weighted by atomic mass is 16.2. The molecule has 0 aliphatic carbocycles. The van der Waals surface area contributed by atoms with Gasteiger partial charge in [0.25, 0.3) is 0 Å². The van der Waals surface area contributed by atoms with Crippen molar-refractivity contribution in [3.05, 3.63) is 53.3 Å². The van der Waals surface area contributed by atoms with E-state index in [-0.39, 0.29) is 5.91 Å². The van der Waals surface area contributed by atoms with Crippen molar-refractivity contribution >= 4 is 17.3 Å². The highest BCUT2D eigenvalue weighted by molar-refractivity contribution is 6.01. The second-order valence-corrected chi connectivity index (χ2v) is 4.67. The summed E-state index contributed by atoms with van der Waals surface area (Å²) in [5, 5.41) is 9.06. The van der Waals surface area contributed by atoms with Crippen LogP contribution < -0.4 is 10.6 Å². The van der Waals surface area contributed by atoms with Gasteiger partial charge in [-0.1, -0.05) is 6.07 Å². The van der Waals surface area contributed by atoms with Gasteiger partial charge in [0.05, 0.1) is 13.0 Å². The predicted molar refractivity (Wildman–Crippen MR) is 74.7 cm³/mol. The molecule has 0 unspecified atom stereocenters. The molecule has 1 aliphatic heterocycles. The van der Waals surface area contributed by atoms with Gasteiger partial charge in [-0.15, -0.1) is 0 Å². The van der Waals surface area contributed by atoms with E-state index in [4.69, 9.17) is 11.0 Å². The minimum absolute atomic E-state index is 0.0124. The first-order valence-electron chi connectivity index (χ1n) is 6.22. The highest BCUT2D eigenvalue weighted by Gasteiger charge is 2.27. The smallest absolute Gasteiger partial charge is 0.231 e. The third-order valence-corrected chi connectivity index (χ3v) is 3.36. The number of benzene rings is 1. The SMILES string of the molecule is N#Cc1ncccc1CN1C(=O)Cc2cc(N)ccc21. The van der Waals surface area contributed by atoms with Crippen LogP contribution in [0.1, 0.15) is 16.8 Å². The molecule has 98 valence electrons. The van der Waals surface area contributed by atoms with Crippen LogP contribution in [0.15, 0.2) is 36.5 Å². The van der Waals surface area contributed by atoms with Crippen LogP contribution >= 0.6 is 0 Å². The number of carbonyl (C=O) groups is 1. The molecule has 5 heteroatoms. The number of carbonyl (C=O) groups excluding carboxylic acids is 1. The molecule has 1 aliphatic rings. The lowest BCUT2D eigenvalue weighted by molar-refractivity contribution is -0.117. The molecule has 20 heavy (non-hydrogen) atoms. The Labute approximate surface area is 116 Å². The topological polar surface area (TPSA) is 83.0 Å². The van der Waals surface area contributed by atoms with E-state index >= 15 is 0 Å². The van der Waals surface area contributed by atoms with Crippen molar-refractivity contribution in [3.63, 3.8) is 0 Å². The molecule has 0 bridgehead atoms. The van der Waals surface area contributed by atoms with E-state index in [1.807, 2.05) is 24.3 Å². The molecule has 1 amide bonds. The molecule has 5 nitrogen and oxygen atoms in total. The number of hydrogen-bond acceptors (Lipinski definition) is 4. The van der Waals surface area contributed by atoms with Gasteiger partial charge in [-0.3, -0.25) is 4.79 Å². The van der Waals surface area contributed by atoms with Gasteiger partial charge in [0.15, 0.2) is 0 Å². The Hall–Kier alpha value is -2.87. The number of nitriles is 1. The van der Waals surface area contributed by atoms with Gasteiger partial charge >= 0.3 is 0 Å². The zero-order chi connectivity index (χ0) is 14.1. The molecule has 2 N–H and O–H groups in total. The zero-order valence-corrected chi connectivity index (χ0v) is 10.7. The van der Waals surface area contributed by atoms with Crippen LogP contribution in [0.3, 0.4) is 0 Å². The van der Waals surface area contributed by atoms with E-state index < -0.39 is 0 Å². The Kier molecular flexibility index (Phi) is 2.84. The van der Waals surface area contributed by atoms with Gasteiger partial charge in [0, 0.05) is 23.1 Å². The Balaban J connectivity index is 1.97. The summed E-state index contributed by atoms with van der Waals surface area (Å²) in [6, 6.07) is 11.1. The maximum atomic E-state index is 12.1. The van der Waals surface area contributed by atoms with Crippen molar-refractivity contribution in [1.29, 1.82) is 5.26 Å². The Bertz CT molecular complexity index is 733. The summed E-state index contributed by atoms with van der Waals surface area (Å²) in [4.78, 5) is 17.8. The number of hydrogen-bond donors (Lipinski definition) is 1. The number of amides is 1. The van der Waals surface area contributed by atoms with Crippen LogP contribution in [-0.4, -0.2) is 10.9 Å². The number of anilines is 2. The predicted octanol–water partition coefficient (Wildman–Crippen LogP) is 1.62. The fraction of sp³-hybridized carbons (Fsp3) is 0.133. The van der Waals surface area contributed by atoms with Gasteiger partial charge in [0.1, 0.15) is 11.8 Å². The summed E-state index contributed by atoms with van der Waals surface area (Å²) in [5.74, 6) is 0.0124. The summed E-state index contributed by atoms with van der Waals surface area (Å²) in [6.07, 6.45) is 1.92. The number of fused-ring (bicyclic) bond motifs is 1. The Morgan fingerprint density at radius 3 is 3.05 bits per heavy atom. The molecule has 0 saturated carbocycles. The molecule has 2 heterocycles. The van der Waals surface area contributed by atoms with Crippen LogP contribution in [0.2, 0.25) is 0 Å². The number of nitrogens with zero attached hydrogens (tertiary/aromatic N) is 3. The standard InChI is InChI=1S/C15H12N4O/c16-8-13-10(2-1-5-18-13)9-19-14-4-3-12(17)6-11(14)7-15(19)20/h1-6H,7,9,17H2. The Morgan fingerprint density at radius 2 is 2.25 bits per heavy atom. The Morgan fingerprint density at radius 1 is 1.40 bits per heavy atom. The fourth-order valence-corrected chi connectivity index (χ4v) is 2.41. The van der Waals surface area contributed by atoms with Crippen LogP contribution in [0.4, 0.5) is 11.4 Å². The molecular formula is C15H12N4O. The second-order valence-electron chi connectivity index (χ2n) is 4.67. The lowest BCUT2D eigenvalue weighted by Gasteiger charge is -2.18. The molecular weight excluding hydrogens is 252 g/mol.